The van der Waals surface area contributed by atoms with Crippen molar-refractivity contribution in [2.24, 2.45) is 0 Å². The maximum atomic E-state index is 13.5. The highest BCUT2D eigenvalue weighted by atomic mass is 32.2. The average molecular weight is 521 g/mol. The van der Waals surface area contributed by atoms with Gasteiger partial charge in [-0.05, 0) is 43.2 Å². The van der Waals surface area contributed by atoms with E-state index in [1.165, 1.54) is 0 Å². The molecule has 1 aliphatic heterocycles. The average Bonchev–Trinajstić information content (AvgIpc) is 3.45. The maximum absolute atomic E-state index is 13.5. The van der Waals surface area contributed by atoms with E-state index in [0.29, 0.717) is 52.4 Å². The van der Waals surface area contributed by atoms with Gasteiger partial charge in [0.15, 0.2) is 27.0 Å². The maximum Gasteiger partial charge on any atom is 0.252 e. The summed E-state index contributed by atoms with van der Waals surface area (Å²) in [5.74, 6) is 0.951. The molecule has 1 fully saturated rings. The van der Waals surface area contributed by atoms with Gasteiger partial charge in [0.1, 0.15) is 0 Å². The van der Waals surface area contributed by atoms with Crippen LogP contribution in [0.25, 0.3) is 22.3 Å². The number of nitrogens with one attached hydrogen (secondary N) is 1. The van der Waals surface area contributed by atoms with Crippen LogP contribution in [0, 0.1) is 6.92 Å². The molecule has 5 rings (SSSR count). The molecule has 1 saturated heterocycles. The molecule has 0 aliphatic carbocycles. The predicted molar refractivity (Wildman–Crippen MR) is 141 cm³/mol. The molecule has 0 radical (unpaired) electrons. The molecule has 0 spiro atoms. The van der Waals surface area contributed by atoms with Gasteiger partial charge in [0, 0.05) is 12.1 Å². The van der Waals surface area contributed by atoms with E-state index in [0.717, 1.165) is 11.1 Å². The van der Waals surface area contributed by atoms with E-state index in [1.54, 1.807) is 37.1 Å². The third kappa shape index (κ3) is 4.89. The molecule has 1 unspecified atom stereocenters. The topological polar surface area (TPSA) is 112 Å². The molecule has 3 heterocycles. The SMILES string of the molecule is COc1ccc(-c2cc(C(=O)NCc3ccccc3)c3c(C)nn(C4CCS(=O)(=O)C4)c3n2)cc1OC. The predicted octanol–water partition coefficient (Wildman–Crippen LogP) is 3.71. The summed E-state index contributed by atoms with van der Waals surface area (Å²) in [6.07, 6.45) is 0.455. The summed E-state index contributed by atoms with van der Waals surface area (Å²) in [5, 5.41) is 8.27. The van der Waals surface area contributed by atoms with Gasteiger partial charge in [-0.15, -0.1) is 0 Å². The van der Waals surface area contributed by atoms with Crippen LogP contribution >= 0.6 is 0 Å². The number of pyridine rings is 1. The van der Waals surface area contributed by atoms with Gasteiger partial charge in [-0.3, -0.25) is 4.79 Å². The first kappa shape index (κ1) is 24.8. The molecule has 2 aromatic carbocycles. The molecule has 1 amide bonds. The van der Waals surface area contributed by atoms with Gasteiger partial charge in [0.2, 0.25) is 0 Å². The highest BCUT2D eigenvalue weighted by Crippen LogP contribution is 2.35. The molecule has 0 bridgehead atoms. The number of carbonyl (C=O) groups excluding carboxylic acids is 1. The van der Waals surface area contributed by atoms with Crippen molar-refractivity contribution in [3.05, 3.63) is 71.4 Å². The number of sulfone groups is 1. The highest BCUT2D eigenvalue weighted by molar-refractivity contribution is 7.91. The van der Waals surface area contributed by atoms with Crippen LogP contribution < -0.4 is 14.8 Å². The largest absolute Gasteiger partial charge is 0.493 e. The van der Waals surface area contributed by atoms with Crippen LogP contribution in [0.2, 0.25) is 0 Å². The van der Waals surface area contributed by atoms with Crippen LogP contribution in [-0.4, -0.2) is 54.8 Å². The fourth-order valence-electron chi connectivity index (χ4n) is 4.73. The Bertz CT molecular complexity index is 1580. The number of ether oxygens (including phenoxy) is 2. The van der Waals surface area contributed by atoms with Crippen molar-refractivity contribution >= 4 is 26.8 Å². The van der Waals surface area contributed by atoms with Gasteiger partial charge < -0.3 is 14.8 Å². The van der Waals surface area contributed by atoms with Crippen LogP contribution in [0.1, 0.15) is 34.1 Å². The second-order valence-electron chi connectivity index (χ2n) is 9.08. The van der Waals surface area contributed by atoms with Gasteiger partial charge in [-0.1, -0.05) is 30.3 Å². The zero-order chi connectivity index (χ0) is 26.2. The molecule has 4 aromatic rings. The fraction of sp³-hybridized carbons (Fsp3) is 0.296. The molecule has 10 heteroatoms. The van der Waals surface area contributed by atoms with Crippen molar-refractivity contribution in [3.63, 3.8) is 0 Å². The fourth-order valence-corrected chi connectivity index (χ4v) is 6.42. The van der Waals surface area contributed by atoms with Gasteiger partial charge >= 0.3 is 0 Å². The van der Waals surface area contributed by atoms with Crippen molar-refractivity contribution < 1.29 is 22.7 Å². The van der Waals surface area contributed by atoms with Crippen LogP contribution in [0.5, 0.6) is 11.5 Å². The number of nitrogens with zero attached hydrogens (tertiary/aromatic N) is 3. The smallest absolute Gasteiger partial charge is 0.252 e. The number of carbonyl (C=O) groups is 1. The second kappa shape index (κ2) is 9.85. The highest BCUT2D eigenvalue weighted by Gasteiger charge is 2.32. The van der Waals surface area contributed by atoms with Crippen LogP contribution in [-0.2, 0) is 16.4 Å². The lowest BCUT2D eigenvalue weighted by atomic mass is 10.0. The third-order valence-corrected chi connectivity index (χ3v) is 8.36. The number of hydrogen-bond donors (Lipinski definition) is 1. The number of aryl methyl sites for hydroxylation is 1. The number of fused-ring (bicyclic) bond motifs is 1. The zero-order valence-electron chi connectivity index (χ0n) is 20.9. The van der Waals surface area contributed by atoms with Crippen LogP contribution in [0.4, 0.5) is 0 Å². The Morgan fingerprint density at radius 2 is 1.84 bits per heavy atom. The molecular formula is C27H28N4O5S. The molecule has 2 aromatic heterocycles. The summed E-state index contributed by atoms with van der Waals surface area (Å²) < 4.78 is 36.9. The van der Waals surface area contributed by atoms with Crippen LogP contribution in [0.15, 0.2) is 54.6 Å². The van der Waals surface area contributed by atoms with E-state index in [2.05, 4.69) is 10.4 Å². The minimum absolute atomic E-state index is 0.00102. The van der Waals surface area contributed by atoms with E-state index >= 15 is 0 Å². The normalized spacial score (nSPS) is 16.6. The number of methoxy groups -OCH3 is 2. The summed E-state index contributed by atoms with van der Waals surface area (Å²) in [5.41, 5.74) is 3.77. The number of benzene rings is 2. The number of amides is 1. The lowest BCUT2D eigenvalue weighted by molar-refractivity contribution is 0.0952. The van der Waals surface area contributed by atoms with E-state index in [9.17, 15) is 13.2 Å². The monoisotopic (exact) mass is 520 g/mol. The lowest BCUT2D eigenvalue weighted by Gasteiger charge is -2.13. The Labute approximate surface area is 215 Å². The summed E-state index contributed by atoms with van der Waals surface area (Å²) in [6.45, 7) is 2.18. The Kier molecular flexibility index (Phi) is 6.59. The summed E-state index contributed by atoms with van der Waals surface area (Å²) in [7, 11) is -0.0273. The lowest BCUT2D eigenvalue weighted by Crippen LogP contribution is -2.23. The second-order valence-corrected chi connectivity index (χ2v) is 11.3. The molecule has 192 valence electrons. The molecule has 37 heavy (non-hydrogen) atoms. The number of aromatic nitrogens is 3. The molecular weight excluding hydrogens is 492 g/mol. The molecule has 0 saturated carbocycles. The van der Waals surface area contributed by atoms with E-state index in [1.807, 2.05) is 43.3 Å². The number of hydrogen-bond acceptors (Lipinski definition) is 7. The molecule has 1 atom stereocenters. The van der Waals surface area contributed by atoms with Crippen molar-refractivity contribution in [3.8, 4) is 22.8 Å². The van der Waals surface area contributed by atoms with Crippen molar-refractivity contribution in [1.82, 2.24) is 20.1 Å². The van der Waals surface area contributed by atoms with Crippen molar-refractivity contribution in [2.75, 3.05) is 25.7 Å². The first-order valence-electron chi connectivity index (χ1n) is 11.9. The summed E-state index contributed by atoms with van der Waals surface area (Å²) >= 11 is 0. The Balaban J connectivity index is 1.64. The van der Waals surface area contributed by atoms with E-state index in [4.69, 9.17) is 14.5 Å². The number of rotatable bonds is 7. The van der Waals surface area contributed by atoms with Crippen molar-refractivity contribution in [1.29, 1.82) is 0 Å². The van der Waals surface area contributed by atoms with Gasteiger partial charge in [0.25, 0.3) is 5.91 Å². The standard InChI is InChI=1S/C27H28N4O5S/c1-17-25-21(27(32)28-15-18-7-5-4-6-8-18)14-22(19-9-10-23(35-2)24(13-19)36-3)29-26(25)31(30-17)20-11-12-37(33,34)16-20/h4-10,13-14,20H,11-12,15-16H2,1-3H3,(H,28,32). The summed E-state index contributed by atoms with van der Waals surface area (Å²) in [4.78, 5) is 18.4. The minimum atomic E-state index is -3.15. The Morgan fingerprint density at radius 3 is 2.51 bits per heavy atom. The van der Waals surface area contributed by atoms with Gasteiger partial charge in [-0.25, -0.2) is 18.1 Å². The molecule has 9 nitrogen and oxygen atoms in total. The summed E-state index contributed by atoms with van der Waals surface area (Å²) in [6, 6.07) is 16.5. The molecule has 1 N–H and O–H groups in total. The van der Waals surface area contributed by atoms with Crippen molar-refractivity contribution in [2.45, 2.75) is 25.9 Å². The third-order valence-electron chi connectivity index (χ3n) is 6.61. The first-order chi connectivity index (χ1) is 17.8. The first-order valence-corrected chi connectivity index (χ1v) is 13.8. The van der Waals surface area contributed by atoms with E-state index in [-0.39, 0.29) is 23.5 Å². The minimum Gasteiger partial charge on any atom is -0.493 e. The van der Waals surface area contributed by atoms with Gasteiger partial charge in [0.05, 0.1) is 54.1 Å². The van der Waals surface area contributed by atoms with Crippen LogP contribution in [0.3, 0.4) is 0 Å². The quantitative estimate of drug-likeness (QED) is 0.395. The van der Waals surface area contributed by atoms with Gasteiger partial charge in [-0.2, -0.15) is 5.10 Å². The Morgan fingerprint density at radius 1 is 1.08 bits per heavy atom. The van der Waals surface area contributed by atoms with E-state index < -0.39 is 9.84 Å². The molecule has 1 aliphatic rings. The Hall–Kier alpha value is -3.92. The zero-order valence-corrected chi connectivity index (χ0v) is 21.7.